The largest absolute Gasteiger partial charge is 0.326 e. The van der Waals surface area contributed by atoms with E-state index in [9.17, 15) is 9.59 Å². The van der Waals surface area contributed by atoms with E-state index in [4.69, 9.17) is 11.6 Å². The predicted octanol–water partition coefficient (Wildman–Crippen LogP) is 3.24. The molecule has 0 aliphatic heterocycles. The van der Waals surface area contributed by atoms with Gasteiger partial charge in [0, 0.05) is 30.6 Å². The summed E-state index contributed by atoms with van der Waals surface area (Å²) in [7, 11) is 1.81. The molecular weight excluding hydrogens is 446 g/mol. The maximum atomic E-state index is 12.2. The Bertz CT molecular complexity index is 1070. The number of aryl methyl sites for hydroxylation is 3. The fourth-order valence-electron chi connectivity index (χ4n) is 2.44. The number of aromatic nitrogens is 5. The topological polar surface area (TPSA) is 115 Å². The first-order valence-electron chi connectivity index (χ1n) is 8.99. The van der Waals surface area contributed by atoms with Crippen LogP contribution in [0.25, 0.3) is 0 Å². The van der Waals surface area contributed by atoms with Crippen molar-refractivity contribution in [3.05, 3.63) is 39.6 Å². The summed E-state index contributed by atoms with van der Waals surface area (Å²) in [5.74, 6) is 0.490. The van der Waals surface area contributed by atoms with Crippen molar-refractivity contribution in [2.45, 2.75) is 31.8 Å². The number of thioether (sulfide) groups is 1. The highest BCUT2D eigenvalue weighted by Gasteiger charge is 2.14. The average molecular weight is 466 g/mol. The van der Waals surface area contributed by atoms with Gasteiger partial charge >= 0.3 is 0 Å². The van der Waals surface area contributed by atoms with Crippen LogP contribution in [0.15, 0.2) is 23.4 Å². The molecule has 2 N–H and O–H groups in total. The fourth-order valence-corrected chi connectivity index (χ4v) is 3.96. The van der Waals surface area contributed by atoms with Gasteiger partial charge < -0.3 is 9.88 Å². The number of amides is 2. The van der Waals surface area contributed by atoms with Gasteiger partial charge in [-0.1, -0.05) is 40.8 Å². The minimum Gasteiger partial charge on any atom is -0.326 e. The maximum absolute atomic E-state index is 12.2. The number of halogens is 1. The van der Waals surface area contributed by atoms with Gasteiger partial charge in [-0.05, 0) is 31.5 Å². The number of carbonyl (C=O) groups is 2. The van der Waals surface area contributed by atoms with Crippen molar-refractivity contribution in [3.63, 3.8) is 0 Å². The zero-order valence-electron chi connectivity index (χ0n) is 16.6. The number of hydrogen-bond acceptors (Lipinski definition) is 8. The van der Waals surface area contributed by atoms with E-state index in [-0.39, 0.29) is 24.0 Å². The third kappa shape index (κ3) is 6.00. The Morgan fingerprint density at radius 2 is 1.93 bits per heavy atom. The Balaban J connectivity index is 1.47. The van der Waals surface area contributed by atoms with Crippen LogP contribution in [0.2, 0.25) is 5.02 Å². The van der Waals surface area contributed by atoms with Gasteiger partial charge in [-0.15, -0.1) is 20.4 Å². The molecule has 0 unspecified atom stereocenters. The van der Waals surface area contributed by atoms with Crippen molar-refractivity contribution in [2.24, 2.45) is 7.05 Å². The molecule has 0 aliphatic carbocycles. The lowest BCUT2D eigenvalue weighted by Crippen LogP contribution is -2.15. The Labute approximate surface area is 186 Å². The monoisotopic (exact) mass is 465 g/mol. The van der Waals surface area contributed by atoms with Gasteiger partial charge in [-0.3, -0.25) is 14.9 Å². The maximum Gasteiger partial charge on any atom is 0.236 e. The van der Waals surface area contributed by atoms with Gasteiger partial charge in [0.05, 0.1) is 5.75 Å². The molecule has 0 atom stereocenters. The molecule has 158 valence electrons. The molecule has 0 saturated heterocycles. The third-order valence-corrected chi connectivity index (χ3v) is 6.24. The van der Waals surface area contributed by atoms with Crippen molar-refractivity contribution in [1.29, 1.82) is 0 Å². The number of nitrogens with one attached hydrogen (secondary N) is 2. The lowest BCUT2D eigenvalue weighted by atomic mass is 10.2. The summed E-state index contributed by atoms with van der Waals surface area (Å²) in [4.78, 5) is 24.2. The highest BCUT2D eigenvalue weighted by molar-refractivity contribution is 7.99. The van der Waals surface area contributed by atoms with E-state index < -0.39 is 0 Å². The number of carbonyl (C=O) groups excluding carboxylic acids is 2. The second kappa shape index (κ2) is 10.0. The van der Waals surface area contributed by atoms with Crippen LogP contribution in [0.3, 0.4) is 0 Å². The molecule has 2 amide bonds. The first kappa shape index (κ1) is 22.2. The van der Waals surface area contributed by atoms with Crippen LogP contribution in [0, 0.1) is 13.8 Å². The molecule has 1 aromatic carbocycles. The van der Waals surface area contributed by atoms with Crippen molar-refractivity contribution >= 4 is 57.3 Å². The second-order valence-corrected chi connectivity index (χ2v) is 8.96. The average Bonchev–Trinajstić information content (AvgIpc) is 3.26. The molecular formula is C18H20ClN7O2S2. The lowest BCUT2D eigenvalue weighted by Gasteiger charge is -2.07. The van der Waals surface area contributed by atoms with Crippen LogP contribution in [0.1, 0.15) is 22.8 Å². The summed E-state index contributed by atoms with van der Waals surface area (Å²) in [6, 6.07) is 5.39. The van der Waals surface area contributed by atoms with Gasteiger partial charge in [-0.2, -0.15) is 0 Å². The molecule has 0 saturated carbocycles. The van der Waals surface area contributed by atoms with E-state index in [0.29, 0.717) is 33.2 Å². The third-order valence-electron chi connectivity index (χ3n) is 4.06. The zero-order chi connectivity index (χ0) is 21.7. The molecule has 3 aromatic rings. The van der Waals surface area contributed by atoms with Crippen molar-refractivity contribution in [1.82, 2.24) is 25.0 Å². The quantitative estimate of drug-likeness (QED) is 0.490. The van der Waals surface area contributed by atoms with Gasteiger partial charge in [0.15, 0.2) is 5.16 Å². The van der Waals surface area contributed by atoms with Crippen LogP contribution >= 0.6 is 34.7 Å². The first-order valence-corrected chi connectivity index (χ1v) is 11.2. The van der Waals surface area contributed by atoms with Crippen molar-refractivity contribution in [3.8, 4) is 0 Å². The molecule has 30 heavy (non-hydrogen) atoms. The molecule has 9 nitrogen and oxygen atoms in total. The molecule has 0 fully saturated rings. The van der Waals surface area contributed by atoms with E-state index in [1.165, 1.54) is 23.1 Å². The van der Waals surface area contributed by atoms with E-state index in [1.54, 1.807) is 17.7 Å². The molecule has 2 aromatic heterocycles. The van der Waals surface area contributed by atoms with E-state index in [1.807, 2.05) is 26.0 Å². The number of nitrogens with zero attached hydrogens (tertiary/aromatic N) is 5. The van der Waals surface area contributed by atoms with Crippen LogP contribution in [-0.4, -0.2) is 42.5 Å². The van der Waals surface area contributed by atoms with Crippen LogP contribution in [-0.2, 0) is 23.1 Å². The summed E-state index contributed by atoms with van der Waals surface area (Å²) in [6.45, 7) is 3.72. The minimum atomic E-state index is -0.197. The fraction of sp³-hybridized carbons (Fsp3) is 0.333. The Kier molecular flexibility index (Phi) is 7.40. The zero-order valence-corrected chi connectivity index (χ0v) is 19.0. The van der Waals surface area contributed by atoms with E-state index >= 15 is 0 Å². The molecule has 0 bridgehead atoms. The van der Waals surface area contributed by atoms with Crippen LogP contribution in [0.4, 0.5) is 10.8 Å². The highest BCUT2D eigenvalue weighted by Crippen LogP contribution is 2.21. The summed E-state index contributed by atoms with van der Waals surface area (Å²) >= 11 is 8.66. The number of hydrogen-bond donors (Lipinski definition) is 2. The number of anilines is 2. The molecule has 0 aliphatic rings. The summed E-state index contributed by atoms with van der Waals surface area (Å²) in [6.07, 6.45) is 0.671. The van der Waals surface area contributed by atoms with Crippen molar-refractivity contribution in [2.75, 3.05) is 16.4 Å². The lowest BCUT2D eigenvalue weighted by molar-refractivity contribution is -0.116. The van der Waals surface area contributed by atoms with Gasteiger partial charge in [0.25, 0.3) is 0 Å². The highest BCUT2D eigenvalue weighted by atomic mass is 35.5. The van der Waals surface area contributed by atoms with E-state index in [2.05, 4.69) is 31.0 Å². The van der Waals surface area contributed by atoms with Gasteiger partial charge in [-0.25, -0.2) is 0 Å². The minimum absolute atomic E-state index is 0.140. The van der Waals surface area contributed by atoms with Gasteiger partial charge in [0.1, 0.15) is 10.8 Å². The Hall–Kier alpha value is -2.50. The van der Waals surface area contributed by atoms with E-state index in [0.717, 1.165) is 10.6 Å². The first-order chi connectivity index (χ1) is 14.3. The smallest absolute Gasteiger partial charge is 0.236 e. The summed E-state index contributed by atoms with van der Waals surface area (Å²) in [5, 5.41) is 23.9. The predicted molar refractivity (Wildman–Crippen MR) is 118 cm³/mol. The Morgan fingerprint density at radius 1 is 1.13 bits per heavy atom. The van der Waals surface area contributed by atoms with Crippen LogP contribution < -0.4 is 10.6 Å². The second-order valence-electron chi connectivity index (χ2n) is 6.43. The number of rotatable bonds is 8. The summed E-state index contributed by atoms with van der Waals surface area (Å²) < 4.78 is 1.78. The van der Waals surface area contributed by atoms with Gasteiger partial charge in [0.2, 0.25) is 16.9 Å². The standard InChI is InChI=1S/C18H20ClN7O2S2/c1-10-4-5-12(8-13(10)19)20-15(27)7-6-14-23-25-18(26(14)3)29-9-16(28)21-17-24-22-11(2)30-17/h4-5,8H,6-7,9H2,1-3H3,(H,20,27)(H,21,24,28). The molecule has 0 radical (unpaired) electrons. The molecule has 12 heteroatoms. The summed E-state index contributed by atoms with van der Waals surface area (Å²) in [5.41, 5.74) is 1.60. The van der Waals surface area contributed by atoms with Crippen molar-refractivity contribution < 1.29 is 9.59 Å². The molecule has 0 spiro atoms. The molecule has 2 heterocycles. The number of benzene rings is 1. The molecule has 3 rings (SSSR count). The normalized spacial score (nSPS) is 10.8. The Morgan fingerprint density at radius 3 is 2.63 bits per heavy atom. The SMILES string of the molecule is Cc1nnc(NC(=O)CSc2nnc(CCC(=O)Nc3ccc(C)c(Cl)c3)n2C)s1. The van der Waals surface area contributed by atoms with Crippen LogP contribution in [0.5, 0.6) is 0 Å².